The Labute approximate surface area is 91.2 Å². The zero-order valence-electron chi connectivity index (χ0n) is 9.82. The molecule has 1 rings (SSSR count). The van der Waals surface area contributed by atoms with Crippen LogP contribution < -0.4 is 0 Å². The SMILES string of the molecule is CN(CC(C)(C)O)CC1(C=O)CCOC1. The fraction of sp³-hybridized carbons (Fsp3) is 0.909. The van der Waals surface area contributed by atoms with Gasteiger partial charge < -0.3 is 19.5 Å². The molecule has 0 aromatic heterocycles. The molecule has 0 radical (unpaired) electrons. The molecule has 0 spiro atoms. The van der Waals surface area contributed by atoms with Gasteiger partial charge in [0.15, 0.2) is 0 Å². The van der Waals surface area contributed by atoms with Gasteiger partial charge in [0.25, 0.3) is 0 Å². The molecule has 15 heavy (non-hydrogen) atoms. The van der Waals surface area contributed by atoms with E-state index < -0.39 is 5.60 Å². The number of nitrogens with zero attached hydrogens (tertiary/aromatic N) is 1. The number of ether oxygens (including phenoxy) is 1. The van der Waals surface area contributed by atoms with Crippen molar-refractivity contribution in [2.45, 2.75) is 25.9 Å². The molecule has 0 aromatic carbocycles. The summed E-state index contributed by atoms with van der Waals surface area (Å²) >= 11 is 0. The third-order valence-corrected chi connectivity index (χ3v) is 2.63. The van der Waals surface area contributed by atoms with Gasteiger partial charge in [-0.1, -0.05) is 0 Å². The van der Waals surface area contributed by atoms with Gasteiger partial charge in [-0.05, 0) is 27.3 Å². The highest BCUT2D eigenvalue weighted by Crippen LogP contribution is 2.27. The average molecular weight is 215 g/mol. The van der Waals surface area contributed by atoms with Crippen LogP contribution in [0.2, 0.25) is 0 Å². The average Bonchev–Trinajstić information content (AvgIpc) is 2.50. The van der Waals surface area contributed by atoms with Crippen LogP contribution in [0, 0.1) is 5.41 Å². The second-order valence-electron chi connectivity index (χ2n) is 5.27. The maximum Gasteiger partial charge on any atom is 0.129 e. The number of rotatable bonds is 5. The Morgan fingerprint density at radius 3 is 2.67 bits per heavy atom. The zero-order chi connectivity index (χ0) is 11.5. The van der Waals surface area contributed by atoms with E-state index in [1.54, 1.807) is 13.8 Å². The molecule has 4 heteroatoms. The molecule has 88 valence electrons. The van der Waals surface area contributed by atoms with Gasteiger partial charge in [0.1, 0.15) is 6.29 Å². The van der Waals surface area contributed by atoms with Gasteiger partial charge >= 0.3 is 0 Å². The number of aliphatic hydroxyl groups is 1. The normalized spacial score (nSPS) is 27.3. The van der Waals surface area contributed by atoms with Crippen LogP contribution in [0.5, 0.6) is 0 Å². The highest BCUT2D eigenvalue weighted by molar-refractivity contribution is 5.60. The lowest BCUT2D eigenvalue weighted by Crippen LogP contribution is -2.43. The first kappa shape index (κ1) is 12.6. The van der Waals surface area contributed by atoms with Crippen molar-refractivity contribution in [1.82, 2.24) is 4.90 Å². The molecule has 0 aliphatic carbocycles. The van der Waals surface area contributed by atoms with E-state index in [1.165, 1.54) is 0 Å². The van der Waals surface area contributed by atoms with Crippen molar-refractivity contribution < 1.29 is 14.6 Å². The van der Waals surface area contributed by atoms with E-state index in [9.17, 15) is 9.90 Å². The molecule has 1 heterocycles. The molecule has 0 bridgehead atoms. The predicted octanol–water partition coefficient (Wildman–Crippen LogP) is 0.295. The maximum absolute atomic E-state index is 11.1. The molecule has 0 saturated carbocycles. The Morgan fingerprint density at radius 2 is 2.27 bits per heavy atom. The highest BCUT2D eigenvalue weighted by Gasteiger charge is 2.36. The Bertz CT molecular complexity index is 216. The molecule has 1 N–H and O–H groups in total. The van der Waals surface area contributed by atoms with Crippen LogP contribution in [-0.2, 0) is 9.53 Å². The van der Waals surface area contributed by atoms with E-state index >= 15 is 0 Å². The third-order valence-electron chi connectivity index (χ3n) is 2.63. The summed E-state index contributed by atoms with van der Waals surface area (Å²) in [6.45, 7) is 5.91. The van der Waals surface area contributed by atoms with Crippen LogP contribution in [0.15, 0.2) is 0 Å². The standard InChI is InChI=1S/C11H21NO3/c1-10(2,14)6-12(3)7-11(8-13)4-5-15-9-11/h8,14H,4-7,9H2,1-3H3. The first-order valence-corrected chi connectivity index (χ1v) is 5.32. The van der Waals surface area contributed by atoms with E-state index in [1.807, 2.05) is 11.9 Å². The minimum atomic E-state index is -0.724. The molecule has 0 amide bonds. The highest BCUT2D eigenvalue weighted by atomic mass is 16.5. The summed E-state index contributed by atoms with van der Waals surface area (Å²) in [4.78, 5) is 13.1. The fourth-order valence-corrected chi connectivity index (χ4v) is 2.13. The van der Waals surface area contributed by atoms with Crippen molar-refractivity contribution in [3.8, 4) is 0 Å². The molecule has 1 fully saturated rings. The number of carbonyl (C=O) groups excluding carboxylic acids is 1. The van der Waals surface area contributed by atoms with Gasteiger partial charge in [0.05, 0.1) is 17.6 Å². The molecule has 1 saturated heterocycles. The summed E-state index contributed by atoms with van der Waals surface area (Å²) < 4.78 is 5.26. The monoisotopic (exact) mass is 215 g/mol. The third kappa shape index (κ3) is 3.89. The Kier molecular flexibility index (Phi) is 3.87. The summed E-state index contributed by atoms with van der Waals surface area (Å²) in [6, 6.07) is 0. The van der Waals surface area contributed by atoms with Crippen LogP contribution in [0.1, 0.15) is 20.3 Å². The van der Waals surface area contributed by atoms with E-state index in [0.29, 0.717) is 26.3 Å². The maximum atomic E-state index is 11.1. The van der Waals surface area contributed by atoms with Crippen LogP contribution >= 0.6 is 0 Å². The molecular formula is C11H21NO3. The van der Waals surface area contributed by atoms with E-state index in [4.69, 9.17) is 4.74 Å². The second-order valence-corrected chi connectivity index (χ2v) is 5.27. The lowest BCUT2D eigenvalue weighted by Gasteiger charge is -2.31. The van der Waals surface area contributed by atoms with Gasteiger partial charge in [-0.3, -0.25) is 0 Å². The second kappa shape index (κ2) is 4.60. The molecule has 1 unspecified atom stereocenters. The van der Waals surface area contributed by atoms with Crippen LogP contribution in [0.25, 0.3) is 0 Å². The number of hydrogen-bond acceptors (Lipinski definition) is 4. The first-order chi connectivity index (χ1) is 6.87. The molecule has 1 aliphatic heterocycles. The van der Waals surface area contributed by atoms with E-state index in [0.717, 1.165) is 12.7 Å². The molecule has 1 atom stereocenters. The van der Waals surface area contributed by atoms with Gasteiger partial charge in [0, 0.05) is 19.7 Å². The molecule has 4 nitrogen and oxygen atoms in total. The fourth-order valence-electron chi connectivity index (χ4n) is 2.13. The lowest BCUT2D eigenvalue weighted by atomic mass is 9.88. The van der Waals surface area contributed by atoms with Crippen molar-refractivity contribution in [2.75, 3.05) is 33.4 Å². The summed E-state index contributed by atoms with van der Waals surface area (Å²) in [7, 11) is 1.92. The minimum Gasteiger partial charge on any atom is -0.389 e. The molecule has 0 aromatic rings. The van der Waals surface area contributed by atoms with Crippen molar-refractivity contribution in [2.24, 2.45) is 5.41 Å². The Balaban J connectivity index is 2.48. The zero-order valence-corrected chi connectivity index (χ0v) is 9.82. The van der Waals surface area contributed by atoms with Gasteiger partial charge in [-0.2, -0.15) is 0 Å². The van der Waals surface area contributed by atoms with Crippen molar-refractivity contribution in [3.63, 3.8) is 0 Å². The smallest absolute Gasteiger partial charge is 0.129 e. The van der Waals surface area contributed by atoms with Gasteiger partial charge in [-0.25, -0.2) is 0 Å². The van der Waals surface area contributed by atoms with Gasteiger partial charge in [0.2, 0.25) is 0 Å². The van der Waals surface area contributed by atoms with Crippen LogP contribution in [-0.4, -0.2) is 55.2 Å². The summed E-state index contributed by atoms with van der Waals surface area (Å²) in [5.74, 6) is 0. The Hall–Kier alpha value is -0.450. The molecule has 1 aliphatic rings. The summed E-state index contributed by atoms with van der Waals surface area (Å²) in [6.07, 6.45) is 1.79. The number of likely N-dealkylation sites (N-methyl/N-ethyl adjacent to an activating group) is 1. The van der Waals surface area contributed by atoms with Crippen LogP contribution in [0.3, 0.4) is 0 Å². The quantitative estimate of drug-likeness (QED) is 0.670. The number of aldehydes is 1. The minimum absolute atomic E-state index is 0.361. The van der Waals surface area contributed by atoms with Gasteiger partial charge in [-0.15, -0.1) is 0 Å². The topological polar surface area (TPSA) is 49.8 Å². The van der Waals surface area contributed by atoms with E-state index in [-0.39, 0.29) is 5.41 Å². The Morgan fingerprint density at radius 1 is 1.60 bits per heavy atom. The summed E-state index contributed by atoms with van der Waals surface area (Å²) in [5, 5.41) is 9.66. The van der Waals surface area contributed by atoms with E-state index in [2.05, 4.69) is 0 Å². The first-order valence-electron chi connectivity index (χ1n) is 5.32. The lowest BCUT2D eigenvalue weighted by molar-refractivity contribution is -0.117. The summed E-state index contributed by atoms with van der Waals surface area (Å²) in [5.41, 5.74) is -1.09. The molecular weight excluding hydrogens is 194 g/mol. The van der Waals surface area contributed by atoms with Crippen molar-refractivity contribution in [1.29, 1.82) is 0 Å². The number of hydrogen-bond donors (Lipinski definition) is 1. The largest absolute Gasteiger partial charge is 0.389 e. The number of carbonyl (C=O) groups is 1. The van der Waals surface area contributed by atoms with Crippen LogP contribution in [0.4, 0.5) is 0 Å². The van der Waals surface area contributed by atoms with Crippen molar-refractivity contribution in [3.05, 3.63) is 0 Å². The predicted molar refractivity (Wildman–Crippen MR) is 57.7 cm³/mol. The van der Waals surface area contributed by atoms with Crippen molar-refractivity contribution >= 4 is 6.29 Å².